The number of hydrogen-bond acceptors (Lipinski definition) is 12. The Morgan fingerprint density at radius 3 is 2.15 bits per heavy atom. The molecule has 12 heteroatoms. The number of nitrogens with zero attached hydrogens (tertiary/aromatic N) is 2. The minimum atomic E-state index is -1.70. The molecule has 0 spiro atoms. The molecule has 0 saturated carbocycles. The molecule has 3 heterocycles. The number of cyclic esters (lactones) is 1. The second kappa shape index (κ2) is 22.3. The van der Waals surface area contributed by atoms with Crippen LogP contribution in [0.5, 0.6) is 0 Å². The van der Waals surface area contributed by atoms with Crippen LogP contribution >= 0.6 is 0 Å². The van der Waals surface area contributed by atoms with Gasteiger partial charge in [0.1, 0.15) is 11.7 Å². The van der Waals surface area contributed by atoms with Crippen LogP contribution in [0.4, 0.5) is 0 Å². The lowest BCUT2D eigenvalue weighted by Crippen LogP contribution is -2.56. The largest absolute Gasteiger partial charge is 0.459 e. The summed E-state index contributed by atoms with van der Waals surface area (Å²) >= 11 is 0. The highest BCUT2D eigenvalue weighted by Crippen LogP contribution is 2.39. The number of β-amino-alcohol motifs (C(OH)–C–C–N with tert-alkyl or cyclic N) is 1. The molecule has 12 nitrogen and oxygen atoms in total. The third-order valence-electron chi connectivity index (χ3n) is 12.2. The third-order valence-corrected chi connectivity index (χ3v) is 12.2. The Balaban J connectivity index is 0.00000495. The minimum Gasteiger partial charge on any atom is -0.459 e. The first kappa shape index (κ1) is 49.2. The fraction of sp³-hybridized carbons (Fsp3) is 0.976. The molecular weight excluding hydrogens is 690 g/mol. The number of rotatable bonds is 10. The molecule has 0 radical (unpaired) electrons. The molecule has 0 bridgehead atoms. The predicted octanol–water partition coefficient (Wildman–Crippen LogP) is 5.05. The van der Waals surface area contributed by atoms with Gasteiger partial charge in [-0.25, -0.2) is 0 Å². The van der Waals surface area contributed by atoms with Crippen LogP contribution < -0.4 is 5.32 Å². The Hall–Kier alpha value is -0.930. The Morgan fingerprint density at radius 2 is 1.57 bits per heavy atom. The summed E-state index contributed by atoms with van der Waals surface area (Å²) in [6.45, 7) is 26.0. The molecule has 3 fully saturated rings. The highest BCUT2D eigenvalue weighted by molar-refractivity contribution is 5.73. The second-order valence-corrected chi connectivity index (χ2v) is 17.6. The molecule has 4 N–H and O–H groups in total. The first-order chi connectivity index (χ1) is 25.2. The normalized spacial score (nSPS) is 43.7. The highest BCUT2D eigenvalue weighted by Gasteiger charge is 2.49. The van der Waals surface area contributed by atoms with E-state index in [2.05, 4.69) is 52.0 Å². The average Bonchev–Trinajstić information content (AvgIpc) is 3.08. The van der Waals surface area contributed by atoms with Crippen molar-refractivity contribution in [2.75, 3.05) is 47.3 Å². The Labute approximate surface area is 329 Å². The van der Waals surface area contributed by atoms with E-state index in [0.717, 1.165) is 25.9 Å². The van der Waals surface area contributed by atoms with Gasteiger partial charge in [0.15, 0.2) is 12.6 Å². The van der Waals surface area contributed by atoms with Gasteiger partial charge < -0.3 is 54.1 Å². The second-order valence-electron chi connectivity index (χ2n) is 17.6. The quantitative estimate of drug-likeness (QED) is 0.174. The van der Waals surface area contributed by atoms with Crippen LogP contribution in [0.1, 0.15) is 122 Å². The Morgan fingerprint density at radius 1 is 0.944 bits per heavy atom. The molecule has 0 aromatic carbocycles. The summed E-state index contributed by atoms with van der Waals surface area (Å²) in [6, 6.07) is 0.244. The lowest BCUT2D eigenvalue weighted by molar-refractivity contribution is -0.287. The summed E-state index contributed by atoms with van der Waals surface area (Å²) in [5, 5.41) is 38.9. The first-order valence-electron chi connectivity index (χ1n) is 21.2. The van der Waals surface area contributed by atoms with Crippen LogP contribution in [0.3, 0.4) is 0 Å². The number of carbonyl (C=O) groups excluding carboxylic acids is 1. The predicted molar refractivity (Wildman–Crippen MR) is 214 cm³/mol. The highest BCUT2D eigenvalue weighted by atomic mass is 16.7. The summed E-state index contributed by atoms with van der Waals surface area (Å²) in [5.74, 6) is -1.31. The van der Waals surface area contributed by atoms with Crippen molar-refractivity contribution in [3.05, 3.63) is 0 Å². The number of ether oxygens (including phenoxy) is 5. The van der Waals surface area contributed by atoms with Crippen LogP contribution in [-0.2, 0) is 28.5 Å². The molecule has 3 aliphatic rings. The molecule has 3 rings (SSSR count). The molecule has 0 aliphatic carbocycles. The Kier molecular flexibility index (Phi) is 20.3. The van der Waals surface area contributed by atoms with Gasteiger partial charge in [-0.1, -0.05) is 48.5 Å². The molecule has 320 valence electrons. The van der Waals surface area contributed by atoms with E-state index in [4.69, 9.17) is 23.7 Å². The van der Waals surface area contributed by atoms with Gasteiger partial charge in [-0.2, -0.15) is 0 Å². The van der Waals surface area contributed by atoms with Crippen molar-refractivity contribution in [2.45, 2.75) is 188 Å². The van der Waals surface area contributed by atoms with E-state index in [1.165, 1.54) is 6.92 Å². The fourth-order valence-electron chi connectivity index (χ4n) is 9.05. The van der Waals surface area contributed by atoms with Crippen LogP contribution in [0.25, 0.3) is 0 Å². The minimum absolute atomic E-state index is 0.0143. The number of carbonyl (C=O) groups is 1. The molecule has 3 aliphatic heterocycles. The van der Waals surface area contributed by atoms with Gasteiger partial charge in [-0.3, -0.25) is 4.79 Å². The molecule has 5 unspecified atom stereocenters. The van der Waals surface area contributed by atoms with Crippen LogP contribution in [0, 0.1) is 29.6 Å². The van der Waals surface area contributed by atoms with Crippen molar-refractivity contribution in [3.8, 4) is 0 Å². The van der Waals surface area contributed by atoms with Gasteiger partial charge in [0.2, 0.25) is 0 Å². The third kappa shape index (κ3) is 13.6. The lowest BCUT2D eigenvalue weighted by atomic mass is 9.77. The zero-order chi connectivity index (χ0) is 41.1. The van der Waals surface area contributed by atoms with Crippen molar-refractivity contribution in [3.63, 3.8) is 0 Å². The van der Waals surface area contributed by atoms with Crippen molar-refractivity contribution in [1.29, 1.82) is 0 Å². The first-order valence-corrected chi connectivity index (χ1v) is 21.2. The zero-order valence-corrected chi connectivity index (χ0v) is 36.8. The maximum absolute atomic E-state index is 14.2. The van der Waals surface area contributed by atoms with Crippen molar-refractivity contribution >= 4 is 5.97 Å². The number of esters is 1. The summed E-state index contributed by atoms with van der Waals surface area (Å²) < 4.78 is 32.8. The number of likely N-dealkylation sites (N-methyl/N-ethyl adjacent to an activating group) is 1. The summed E-state index contributed by atoms with van der Waals surface area (Å²) in [4.78, 5) is 18.3. The molecule has 16 atom stereocenters. The smallest absolute Gasteiger partial charge is 0.311 e. The SMILES string of the molecule is CC.CCCNCC1C(C)C[C@H](O[C@H]2[C@H](C)[C@@H](O[C@H]3CC(N(C)C)C[C@@H](C)O3)[C@](C)(O)C[C@@H](C)CN(C)C[C@@H](O)C(C)(O)[C@@H](CC)OC(=O)[C@@H]2C)OC1C. The maximum Gasteiger partial charge on any atom is 0.311 e. The van der Waals surface area contributed by atoms with E-state index in [-0.39, 0.29) is 30.7 Å². The van der Waals surface area contributed by atoms with Gasteiger partial charge >= 0.3 is 5.97 Å². The molecule has 0 aromatic heterocycles. The van der Waals surface area contributed by atoms with Gasteiger partial charge in [-0.05, 0) is 99.8 Å². The standard InChI is InChI=1S/C40H77N3O9.C2H6/c1-14-16-41-21-31-25(4)17-34(49-29(31)8)51-36-27(6)37(52-35-19-30(42(11)12)18-26(5)48-35)39(9,46)20-24(3)22-43(13)23-32(44)40(10,47)33(15-2)50-38(45)28(36)7;1-2/h24-37,41,44,46-47H,14-23H2,1-13H3;1-2H3/t24-,25?,26-,27+,28-,29?,30?,31?,32-,33-,34+,35+,36+,37-,39-,40?;/m1./s1. The van der Waals surface area contributed by atoms with Crippen molar-refractivity contribution in [1.82, 2.24) is 15.1 Å². The number of aliphatic hydroxyl groups is 3. The van der Waals surface area contributed by atoms with Gasteiger partial charge in [0.05, 0.1) is 42.0 Å². The molecular formula is C42H83N3O9. The maximum atomic E-state index is 14.2. The van der Waals surface area contributed by atoms with Crippen molar-refractivity contribution in [2.24, 2.45) is 29.6 Å². The number of aliphatic hydroxyl groups excluding tert-OH is 1. The molecule has 0 amide bonds. The van der Waals surface area contributed by atoms with E-state index in [9.17, 15) is 20.1 Å². The van der Waals surface area contributed by atoms with Crippen LogP contribution in [0.15, 0.2) is 0 Å². The Bertz CT molecular complexity index is 1070. The topological polar surface area (TPSA) is 142 Å². The molecule has 0 aromatic rings. The molecule has 54 heavy (non-hydrogen) atoms. The van der Waals surface area contributed by atoms with Crippen LogP contribution in [-0.4, -0.2) is 145 Å². The van der Waals surface area contributed by atoms with E-state index < -0.39 is 66.0 Å². The van der Waals surface area contributed by atoms with Crippen LogP contribution in [0.2, 0.25) is 0 Å². The van der Waals surface area contributed by atoms with E-state index >= 15 is 0 Å². The lowest BCUT2D eigenvalue weighted by Gasteiger charge is -2.47. The monoisotopic (exact) mass is 774 g/mol. The van der Waals surface area contributed by atoms with Gasteiger partial charge in [0.25, 0.3) is 0 Å². The average molecular weight is 774 g/mol. The van der Waals surface area contributed by atoms with Gasteiger partial charge in [0, 0.05) is 50.4 Å². The zero-order valence-electron chi connectivity index (χ0n) is 36.8. The van der Waals surface area contributed by atoms with Crippen molar-refractivity contribution < 1.29 is 43.8 Å². The van der Waals surface area contributed by atoms with E-state index in [1.807, 2.05) is 46.6 Å². The van der Waals surface area contributed by atoms with E-state index in [0.29, 0.717) is 44.1 Å². The fourth-order valence-corrected chi connectivity index (χ4v) is 9.05. The number of hydrogen-bond donors (Lipinski definition) is 4. The summed E-state index contributed by atoms with van der Waals surface area (Å²) in [6.07, 6.45) is -1.09. The summed E-state index contributed by atoms with van der Waals surface area (Å²) in [7, 11) is 6.01. The molecule has 3 saturated heterocycles. The summed E-state index contributed by atoms with van der Waals surface area (Å²) in [5.41, 5.74) is -3.06. The van der Waals surface area contributed by atoms with Gasteiger partial charge in [-0.15, -0.1) is 0 Å². The number of nitrogens with one attached hydrogen (secondary N) is 1. The van der Waals surface area contributed by atoms with E-state index in [1.54, 1.807) is 13.8 Å².